The van der Waals surface area contributed by atoms with Gasteiger partial charge in [-0.15, -0.1) is 0 Å². The number of aromatic nitrogens is 1. The second kappa shape index (κ2) is 10.8. The molecule has 0 spiro atoms. The number of likely N-dealkylation sites (tertiary alicyclic amines) is 1. The Hall–Kier alpha value is -2.87. The van der Waals surface area contributed by atoms with E-state index >= 15 is 0 Å². The van der Waals surface area contributed by atoms with Crippen LogP contribution in [-0.4, -0.2) is 34.4 Å². The van der Waals surface area contributed by atoms with Gasteiger partial charge in [0.1, 0.15) is 11.6 Å². The molecule has 33 heavy (non-hydrogen) atoms. The van der Waals surface area contributed by atoms with E-state index in [1.165, 1.54) is 12.1 Å². The Morgan fingerprint density at radius 2 is 1.94 bits per heavy atom. The molecule has 1 fully saturated rings. The first-order chi connectivity index (χ1) is 16.0. The van der Waals surface area contributed by atoms with Gasteiger partial charge in [0.15, 0.2) is 0 Å². The number of nitrogens with zero attached hydrogens (tertiary/aromatic N) is 2. The quantitative estimate of drug-likeness (QED) is 0.521. The van der Waals surface area contributed by atoms with E-state index in [-0.39, 0.29) is 24.5 Å². The van der Waals surface area contributed by atoms with Crippen LogP contribution >= 0.6 is 11.6 Å². The molecule has 1 aliphatic rings. The molecule has 2 aromatic carbocycles. The van der Waals surface area contributed by atoms with Crippen molar-refractivity contribution in [1.82, 2.24) is 20.5 Å². The fraction of sp³-hybridized carbons (Fsp3) is 0.280. The molecule has 0 radical (unpaired) electrons. The number of nitrogens with one attached hydrogen (secondary N) is 2. The van der Waals surface area contributed by atoms with Crippen LogP contribution in [0.5, 0.6) is 0 Å². The number of rotatable bonds is 8. The molecule has 8 heteroatoms. The van der Waals surface area contributed by atoms with Gasteiger partial charge in [-0.05, 0) is 35.7 Å². The van der Waals surface area contributed by atoms with Crippen LogP contribution in [0.4, 0.5) is 8.78 Å². The minimum atomic E-state index is -0.603. The fourth-order valence-electron chi connectivity index (χ4n) is 4.07. The van der Waals surface area contributed by atoms with Gasteiger partial charge in [-0.1, -0.05) is 41.9 Å². The number of hydrogen-bond acceptors (Lipinski definition) is 4. The lowest BCUT2D eigenvalue weighted by Crippen LogP contribution is -2.42. The van der Waals surface area contributed by atoms with E-state index in [4.69, 9.17) is 11.6 Å². The van der Waals surface area contributed by atoms with Crippen molar-refractivity contribution >= 4 is 17.5 Å². The Morgan fingerprint density at radius 1 is 1.09 bits per heavy atom. The summed E-state index contributed by atoms with van der Waals surface area (Å²) < 4.78 is 27.2. The maximum absolute atomic E-state index is 14.0. The predicted molar refractivity (Wildman–Crippen MR) is 123 cm³/mol. The predicted octanol–water partition coefficient (Wildman–Crippen LogP) is 4.06. The Bertz CT molecular complexity index is 1100. The molecule has 0 aliphatic carbocycles. The molecule has 1 amide bonds. The second-order valence-corrected chi connectivity index (χ2v) is 8.57. The molecular formula is C25H25ClF2N4O. The molecular weight excluding hydrogens is 446 g/mol. The minimum Gasteiger partial charge on any atom is -0.351 e. The number of carbonyl (C=O) groups excluding carboxylic acids is 1. The smallest absolute Gasteiger partial charge is 0.237 e. The molecule has 2 N–H and O–H groups in total. The number of amides is 1. The average Bonchev–Trinajstić information content (AvgIpc) is 3.22. The molecule has 3 aromatic rings. The summed E-state index contributed by atoms with van der Waals surface area (Å²) in [4.78, 5) is 19.2. The molecule has 1 aliphatic heterocycles. The van der Waals surface area contributed by atoms with Crippen molar-refractivity contribution in [2.45, 2.75) is 38.1 Å². The van der Waals surface area contributed by atoms with Crippen LogP contribution in [0.15, 0.2) is 67.0 Å². The summed E-state index contributed by atoms with van der Waals surface area (Å²) in [6.07, 6.45) is 3.97. The van der Waals surface area contributed by atoms with Crippen LogP contribution in [0.3, 0.4) is 0 Å². The molecule has 0 saturated carbocycles. The van der Waals surface area contributed by atoms with Gasteiger partial charge in [0, 0.05) is 61.3 Å². The van der Waals surface area contributed by atoms with Gasteiger partial charge in [-0.25, -0.2) is 8.78 Å². The highest BCUT2D eigenvalue weighted by Crippen LogP contribution is 2.25. The zero-order valence-corrected chi connectivity index (χ0v) is 18.7. The van der Waals surface area contributed by atoms with Gasteiger partial charge in [-0.3, -0.25) is 14.7 Å². The van der Waals surface area contributed by atoms with Crippen molar-refractivity contribution < 1.29 is 13.6 Å². The first kappa shape index (κ1) is 23.3. The third kappa shape index (κ3) is 6.13. The van der Waals surface area contributed by atoms with Crippen molar-refractivity contribution in [3.05, 3.63) is 100 Å². The number of hydrogen-bond donors (Lipinski definition) is 2. The van der Waals surface area contributed by atoms with E-state index in [9.17, 15) is 13.6 Å². The summed E-state index contributed by atoms with van der Waals surface area (Å²) in [6.45, 7) is 1.76. The van der Waals surface area contributed by atoms with Gasteiger partial charge in [0.25, 0.3) is 0 Å². The summed E-state index contributed by atoms with van der Waals surface area (Å²) in [5.74, 6) is -1.27. The summed E-state index contributed by atoms with van der Waals surface area (Å²) in [5, 5.41) is 6.97. The topological polar surface area (TPSA) is 57.3 Å². The van der Waals surface area contributed by atoms with Gasteiger partial charge < -0.3 is 10.6 Å². The number of halogens is 3. The monoisotopic (exact) mass is 470 g/mol. The molecule has 0 unspecified atom stereocenters. The van der Waals surface area contributed by atoms with Gasteiger partial charge in [-0.2, -0.15) is 0 Å². The molecule has 1 aromatic heterocycles. The molecule has 2 atom stereocenters. The molecule has 1 saturated heterocycles. The van der Waals surface area contributed by atoms with Gasteiger partial charge in [0.05, 0.1) is 6.04 Å². The van der Waals surface area contributed by atoms with E-state index in [1.54, 1.807) is 12.4 Å². The zero-order chi connectivity index (χ0) is 23.2. The maximum atomic E-state index is 14.0. The Balaban J connectivity index is 1.44. The summed E-state index contributed by atoms with van der Waals surface area (Å²) in [5.41, 5.74) is 2.25. The van der Waals surface area contributed by atoms with Crippen molar-refractivity contribution in [2.75, 3.05) is 6.54 Å². The molecule has 4 rings (SSSR count). The van der Waals surface area contributed by atoms with E-state index in [2.05, 4.69) is 20.5 Å². The number of carbonyl (C=O) groups is 1. The Labute approximate surface area is 196 Å². The summed E-state index contributed by atoms with van der Waals surface area (Å²) >= 11 is 6.36. The summed E-state index contributed by atoms with van der Waals surface area (Å²) in [7, 11) is 0. The first-order valence-electron chi connectivity index (χ1n) is 10.8. The van der Waals surface area contributed by atoms with Crippen LogP contribution in [0.2, 0.25) is 5.02 Å². The second-order valence-electron chi connectivity index (χ2n) is 8.16. The highest BCUT2D eigenvalue weighted by atomic mass is 35.5. The molecule has 172 valence electrons. The summed E-state index contributed by atoms with van der Waals surface area (Å²) in [6, 6.07) is 14.5. The van der Waals surface area contributed by atoms with Crippen LogP contribution in [0.1, 0.15) is 23.1 Å². The van der Waals surface area contributed by atoms with E-state index in [0.29, 0.717) is 36.6 Å². The highest BCUT2D eigenvalue weighted by molar-refractivity contribution is 6.31. The first-order valence-corrected chi connectivity index (χ1v) is 11.2. The third-order valence-electron chi connectivity index (χ3n) is 5.82. The minimum absolute atomic E-state index is 0.0360. The SMILES string of the molecule is O=C(NCc1cccnc1)[C@@H]1C[C@H](NCc2ccc(F)cc2F)CN1Cc1ccccc1Cl. The van der Waals surface area contributed by atoms with Crippen molar-refractivity contribution in [3.63, 3.8) is 0 Å². The van der Waals surface area contributed by atoms with Gasteiger partial charge in [0.2, 0.25) is 5.91 Å². The number of benzene rings is 2. The lowest BCUT2D eigenvalue weighted by Gasteiger charge is -2.24. The van der Waals surface area contributed by atoms with E-state index < -0.39 is 11.6 Å². The van der Waals surface area contributed by atoms with Gasteiger partial charge >= 0.3 is 0 Å². The van der Waals surface area contributed by atoms with Crippen LogP contribution < -0.4 is 10.6 Å². The largest absolute Gasteiger partial charge is 0.351 e. The molecule has 5 nitrogen and oxygen atoms in total. The Morgan fingerprint density at radius 3 is 2.70 bits per heavy atom. The van der Waals surface area contributed by atoms with Crippen molar-refractivity contribution in [3.8, 4) is 0 Å². The molecule has 0 bridgehead atoms. The zero-order valence-electron chi connectivity index (χ0n) is 18.0. The Kier molecular flexibility index (Phi) is 7.65. The van der Waals surface area contributed by atoms with E-state index in [0.717, 1.165) is 17.2 Å². The normalized spacial score (nSPS) is 18.4. The maximum Gasteiger partial charge on any atom is 0.237 e. The van der Waals surface area contributed by atoms with Crippen LogP contribution in [0.25, 0.3) is 0 Å². The fourth-order valence-corrected chi connectivity index (χ4v) is 4.27. The average molecular weight is 471 g/mol. The highest BCUT2D eigenvalue weighted by Gasteiger charge is 2.36. The lowest BCUT2D eigenvalue weighted by molar-refractivity contribution is -0.125. The number of pyridine rings is 1. The molecule has 2 heterocycles. The van der Waals surface area contributed by atoms with E-state index in [1.807, 2.05) is 36.4 Å². The van der Waals surface area contributed by atoms with Crippen LogP contribution in [0, 0.1) is 11.6 Å². The van der Waals surface area contributed by atoms with Crippen molar-refractivity contribution in [1.29, 1.82) is 0 Å². The van der Waals surface area contributed by atoms with Crippen LogP contribution in [-0.2, 0) is 24.4 Å². The standard InChI is InChI=1S/C25H25ClF2N4O/c26-22-6-2-1-5-19(22)15-32-16-21(30-14-18-7-8-20(27)10-23(18)28)11-24(32)25(33)31-13-17-4-3-9-29-12-17/h1-10,12,21,24,30H,11,13-16H2,(H,31,33)/t21-,24-/m0/s1. The lowest BCUT2D eigenvalue weighted by atomic mass is 10.1. The van der Waals surface area contributed by atoms with Crippen molar-refractivity contribution in [2.24, 2.45) is 0 Å². The third-order valence-corrected chi connectivity index (χ3v) is 6.19.